The first-order valence-corrected chi connectivity index (χ1v) is 9.32. The molecular weight excluding hydrogens is 426 g/mol. The Labute approximate surface area is 158 Å². The number of hydrogen-bond acceptors (Lipinski definition) is 1. The van der Waals surface area contributed by atoms with E-state index in [1.165, 1.54) is 21.5 Å². The molecule has 4 aromatic carbocycles. The van der Waals surface area contributed by atoms with Crippen molar-refractivity contribution < 1.29 is 0 Å². The summed E-state index contributed by atoms with van der Waals surface area (Å²) in [5.41, 5.74) is 2.29. The van der Waals surface area contributed by atoms with Crippen molar-refractivity contribution in [1.82, 2.24) is 0 Å². The van der Waals surface area contributed by atoms with E-state index < -0.39 is 0 Å². The van der Waals surface area contributed by atoms with Crippen molar-refractivity contribution in [1.29, 1.82) is 0 Å². The molecule has 3 heteroatoms. The maximum Gasteiger partial charge on any atom is 0.0559 e. The predicted molar refractivity (Wildman–Crippen MR) is 111 cm³/mol. The minimum Gasteiger partial charge on any atom is -0.343 e. The van der Waals surface area contributed by atoms with Gasteiger partial charge in [-0.05, 0) is 77.7 Å². The summed E-state index contributed by atoms with van der Waals surface area (Å²) < 4.78 is 2.17. The Morgan fingerprint density at radius 3 is 1.29 bits per heavy atom. The van der Waals surface area contributed by atoms with Gasteiger partial charge in [-0.25, -0.2) is 0 Å². The van der Waals surface area contributed by atoms with Gasteiger partial charge < -0.3 is 4.90 Å². The Kier molecular flexibility index (Phi) is 4.07. The smallest absolute Gasteiger partial charge is 0.0559 e. The van der Waals surface area contributed by atoms with Crippen LogP contribution in [-0.2, 0) is 0 Å². The third-order valence-electron chi connectivity index (χ3n) is 4.35. The summed E-state index contributed by atoms with van der Waals surface area (Å²) in [5.74, 6) is 0. The van der Waals surface area contributed by atoms with Crippen LogP contribution >= 0.6 is 31.9 Å². The van der Waals surface area contributed by atoms with Gasteiger partial charge in [-0.2, -0.15) is 0 Å². The number of halogens is 2. The zero-order valence-electron chi connectivity index (χ0n) is 13.1. The van der Waals surface area contributed by atoms with E-state index in [9.17, 15) is 0 Å². The molecule has 0 bridgehead atoms. The zero-order valence-corrected chi connectivity index (χ0v) is 16.3. The average molecular weight is 441 g/mol. The van der Waals surface area contributed by atoms with E-state index in [0.717, 1.165) is 20.3 Å². The SMILES string of the molecule is CN(c1cc2ccccc2cc1Br)c1cc2ccccc2cc1Br. The molecule has 0 atom stereocenters. The molecule has 0 amide bonds. The van der Waals surface area contributed by atoms with Crippen molar-refractivity contribution in [3.05, 3.63) is 81.7 Å². The van der Waals surface area contributed by atoms with Crippen molar-refractivity contribution >= 4 is 64.8 Å². The van der Waals surface area contributed by atoms with Gasteiger partial charge >= 0.3 is 0 Å². The lowest BCUT2D eigenvalue weighted by atomic mass is 10.1. The number of benzene rings is 4. The minimum atomic E-state index is 1.09. The van der Waals surface area contributed by atoms with E-state index in [0.29, 0.717) is 0 Å². The normalized spacial score (nSPS) is 11.1. The van der Waals surface area contributed by atoms with Crippen LogP contribution < -0.4 is 4.90 Å². The largest absolute Gasteiger partial charge is 0.343 e. The second-order valence-corrected chi connectivity index (χ2v) is 7.57. The third kappa shape index (κ3) is 2.72. The first-order valence-electron chi connectivity index (χ1n) is 7.74. The van der Waals surface area contributed by atoms with Crippen LogP contribution in [0.2, 0.25) is 0 Å². The fraction of sp³-hybridized carbons (Fsp3) is 0.0476. The highest BCUT2D eigenvalue weighted by atomic mass is 79.9. The molecule has 1 nitrogen and oxygen atoms in total. The zero-order chi connectivity index (χ0) is 16.7. The lowest BCUT2D eigenvalue weighted by Crippen LogP contribution is -2.10. The van der Waals surface area contributed by atoms with Gasteiger partial charge in [0.05, 0.1) is 11.4 Å². The molecule has 0 saturated carbocycles. The van der Waals surface area contributed by atoms with E-state index in [2.05, 4.69) is 117 Å². The van der Waals surface area contributed by atoms with Crippen molar-refractivity contribution in [2.24, 2.45) is 0 Å². The van der Waals surface area contributed by atoms with Gasteiger partial charge in [0.15, 0.2) is 0 Å². The molecule has 0 saturated heterocycles. The third-order valence-corrected chi connectivity index (χ3v) is 5.62. The summed E-state index contributed by atoms with van der Waals surface area (Å²) in [4.78, 5) is 2.22. The van der Waals surface area contributed by atoms with Crippen molar-refractivity contribution in [2.75, 3.05) is 11.9 Å². The molecule has 0 aromatic heterocycles. The number of anilines is 2. The number of nitrogens with zero attached hydrogens (tertiary/aromatic N) is 1. The lowest BCUT2D eigenvalue weighted by molar-refractivity contribution is 1.20. The average Bonchev–Trinajstić information content (AvgIpc) is 2.60. The van der Waals surface area contributed by atoms with Crippen LogP contribution in [0.15, 0.2) is 81.7 Å². The Balaban J connectivity index is 1.88. The Morgan fingerprint density at radius 1 is 0.583 bits per heavy atom. The van der Waals surface area contributed by atoms with Crippen LogP contribution in [0.3, 0.4) is 0 Å². The van der Waals surface area contributed by atoms with Gasteiger partial charge in [0, 0.05) is 16.0 Å². The summed E-state index contributed by atoms with van der Waals surface area (Å²) in [7, 11) is 2.10. The first kappa shape index (κ1) is 15.7. The molecule has 0 spiro atoms. The summed E-state index contributed by atoms with van der Waals surface area (Å²) in [6.45, 7) is 0. The molecule has 4 rings (SSSR count). The number of hydrogen-bond donors (Lipinski definition) is 0. The lowest BCUT2D eigenvalue weighted by Gasteiger charge is -2.23. The maximum atomic E-state index is 3.73. The van der Waals surface area contributed by atoms with Crippen LogP contribution in [0, 0.1) is 0 Å². The fourth-order valence-corrected chi connectivity index (χ4v) is 4.30. The Hall–Kier alpha value is -1.84. The molecule has 0 unspecified atom stereocenters. The fourth-order valence-electron chi connectivity index (χ4n) is 3.04. The minimum absolute atomic E-state index is 1.09. The maximum absolute atomic E-state index is 3.73. The molecule has 0 radical (unpaired) electrons. The van der Waals surface area contributed by atoms with Crippen molar-refractivity contribution in [3.8, 4) is 0 Å². The number of fused-ring (bicyclic) bond motifs is 2. The van der Waals surface area contributed by atoms with Crippen LogP contribution in [0.1, 0.15) is 0 Å². The molecule has 0 N–H and O–H groups in total. The highest BCUT2D eigenvalue weighted by Gasteiger charge is 2.13. The molecule has 0 aliphatic heterocycles. The van der Waals surface area contributed by atoms with Gasteiger partial charge in [0.25, 0.3) is 0 Å². The van der Waals surface area contributed by atoms with E-state index in [4.69, 9.17) is 0 Å². The standard InChI is InChI=1S/C21H15Br2N/c1-24(20-12-16-8-4-2-6-14(16)10-18(20)22)21-13-17-9-5-3-7-15(17)11-19(21)23/h2-13H,1H3. The van der Waals surface area contributed by atoms with E-state index in [-0.39, 0.29) is 0 Å². The van der Waals surface area contributed by atoms with Gasteiger partial charge in [-0.3, -0.25) is 0 Å². The second kappa shape index (κ2) is 6.23. The van der Waals surface area contributed by atoms with Gasteiger partial charge in [0.1, 0.15) is 0 Å². The Bertz CT molecular complexity index is 971. The summed E-state index contributed by atoms with van der Waals surface area (Å²) in [6.07, 6.45) is 0. The van der Waals surface area contributed by atoms with E-state index >= 15 is 0 Å². The van der Waals surface area contributed by atoms with E-state index in [1.54, 1.807) is 0 Å². The molecule has 24 heavy (non-hydrogen) atoms. The summed E-state index contributed by atoms with van der Waals surface area (Å²) in [5, 5.41) is 4.94. The highest BCUT2D eigenvalue weighted by Crippen LogP contribution is 2.39. The first-order chi connectivity index (χ1) is 11.6. The van der Waals surface area contributed by atoms with Crippen LogP contribution in [0.25, 0.3) is 21.5 Å². The second-order valence-electron chi connectivity index (χ2n) is 5.86. The molecule has 118 valence electrons. The van der Waals surface area contributed by atoms with Crippen LogP contribution in [0.4, 0.5) is 11.4 Å². The molecule has 0 fully saturated rings. The van der Waals surface area contributed by atoms with Crippen molar-refractivity contribution in [2.45, 2.75) is 0 Å². The number of rotatable bonds is 2. The van der Waals surface area contributed by atoms with Gasteiger partial charge in [0.2, 0.25) is 0 Å². The topological polar surface area (TPSA) is 3.24 Å². The summed E-state index contributed by atoms with van der Waals surface area (Å²) in [6, 6.07) is 25.6. The summed E-state index contributed by atoms with van der Waals surface area (Å²) >= 11 is 7.47. The molecule has 0 aliphatic carbocycles. The van der Waals surface area contributed by atoms with Crippen molar-refractivity contribution in [3.63, 3.8) is 0 Å². The van der Waals surface area contributed by atoms with E-state index in [1.807, 2.05) is 0 Å². The Morgan fingerprint density at radius 2 is 0.917 bits per heavy atom. The highest BCUT2D eigenvalue weighted by molar-refractivity contribution is 9.11. The van der Waals surface area contributed by atoms with Crippen LogP contribution in [-0.4, -0.2) is 7.05 Å². The molecule has 0 aliphatic rings. The molecule has 4 aromatic rings. The van der Waals surface area contributed by atoms with Gasteiger partial charge in [-0.1, -0.05) is 48.5 Å². The van der Waals surface area contributed by atoms with Crippen LogP contribution in [0.5, 0.6) is 0 Å². The monoisotopic (exact) mass is 439 g/mol. The predicted octanol–water partition coefficient (Wildman–Crippen LogP) is 7.29. The molecular formula is C21H15Br2N. The quantitative estimate of drug-likeness (QED) is 0.316. The molecule has 0 heterocycles. The van der Waals surface area contributed by atoms with Gasteiger partial charge in [-0.15, -0.1) is 0 Å².